The van der Waals surface area contributed by atoms with Crippen molar-refractivity contribution in [3.05, 3.63) is 0 Å². The van der Waals surface area contributed by atoms with Crippen LogP contribution in [0.1, 0.15) is 93.4 Å². The van der Waals surface area contributed by atoms with Gasteiger partial charge in [0.15, 0.2) is 0 Å². The molecular weight excluding hydrogens is 274 g/mol. The summed E-state index contributed by atoms with van der Waals surface area (Å²) in [7, 11) is 0. The molecule has 0 aliphatic carbocycles. The van der Waals surface area contributed by atoms with Crippen LogP contribution in [-0.2, 0) is 9.47 Å². The minimum absolute atomic E-state index is 0.0189. The lowest BCUT2D eigenvalue weighted by molar-refractivity contribution is -0.116. The van der Waals surface area contributed by atoms with Gasteiger partial charge < -0.3 is 15.2 Å². The summed E-state index contributed by atoms with van der Waals surface area (Å²) in [5, 5.41) is 0. The molecule has 0 rings (SSSR count). The van der Waals surface area contributed by atoms with Gasteiger partial charge in [0.1, 0.15) is 0 Å². The average molecular weight is 316 g/mol. The molecule has 0 aromatic rings. The highest BCUT2D eigenvalue weighted by atomic mass is 16.5. The van der Waals surface area contributed by atoms with Crippen LogP contribution < -0.4 is 5.73 Å². The molecule has 0 heterocycles. The summed E-state index contributed by atoms with van der Waals surface area (Å²) < 4.78 is 12.3. The number of ether oxygens (including phenoxy) is 2. The smallest absolute Gasteiger partial charge is 0.0708 e. The number of nitrogens with two attached hydrogens (primary N) is 1. The highest BCUT2D eigenvalue weighted by molar-refractivity contribution is 4.92. The van der Waals surface area contributed by atoms with E-state index in [1.807, 2.05) is 0 Å². The van der Waals surface area contributed by atoms with Crippen molar-refractivity contribution in [3.63, 3.8) is 0 Å². The quantitative estimate of drug-likeness (QED) is 0.483. The van der Waals surface area contributed by atoms with Crippen LogP contribution in [0.5, 0.6) is 0 Å². The SMILES string of the molecule is CCC(N)(CC)CC(CC)(CC)OCCOC(C)(CC)CC. The zero-order valence-corrected chi connectivity index (χ0v) is 16.3. The first-order valence-corrected chi connectivity index (χ1v) is 9.35. The Labute approximate surface area is 139 Å². The lowest BCUT2D eigenvalue weighted by Crippen LogP contribution is -2.48. The standard InChI is InChI=1S/C19H41NO2/c1-8-17(7,9-2)21-14-15-22-19(12-5,13-6)16-18(20,10-3)11-4/h8-16,20H2,1-7H3. The van der Waals surface area contributed by atoms with Gasteiger partial charge in [0.05, 0.1) is 24.4 Å². The van der Waals surface area contributed by atoms with Crippen LogP contribution >= 0.6 is 0 Å². The Balaban J connectivity index is 4.58. The molecule has 134 valence electrons. The Kier molecular flexibility index (Phi) is 9.84. The maximum absolute atomic E-state index is 6.54. The monoisotopic (exact) mass is 315 g/mol. The van der Waals surface area contributed by atoms with Gasteiger partial charge in [-0.25, -0.2) is 0 Å². The highest BCUT2D eigenvalue weighted by Crippen LogP contribution is 2.33. The van der Waals surface area contributed by atoms with Gasteiger partial charge in [-0.1, -0.05) is 41.5 Å². The van der Waals surface area contributed by atoms with Crippen molar-refractivity contribution < 1.29 is 9.47 Å². The third kappa shape index (κ3) is 6.55. The molecule has 0 aromatic heterocycles. The molecule has 3 nitrogen and oxygen atoms in total. The van der Waals surface area contributed by atoms with Crippen molar-refractivity contribution in [1.29, 1.82) is 0 Å². The maximum atomic E-state index is 6.54. The first kappa shape index (κ1) is 21.9. The van der Waals surface area contributed by atoms with Crippen molar-refractivity contribution in [1.82, 2.24) is 0 Å². The van der Waals surface area contributed by atoms with Gasteiger partial charge in [-0.3, -0.25) is 0 Å². The Hall–Kier alpha value is -0.120. The van der Waals surface area contributed by atoms with E-state index in [2.05, 4.69) is 48.5 Å². The van der Waals surface area contributed by atoms with E-state index in [0.717, 1.165) is 44.9 Å². The van der Waals surface area contributed by atoms with Crippen molar-refractivity contribution >= 4 is 0 Å². The number of hydrogen-bond donors (Lipinski definition) is 1. The molecule has 0 fully saturated rings. The van der Waals surface area contributed by atoms with Crippen LogP contribution in [0.2, 0.25) is 0 Å². The van der Waals surface area contributed by atoms with E-state index in [4.69, 9.17) is 15.2 Å². The molecule has 0 amide bonds. The largest absolute Gasteiger partial charge is 0.373 e. The van der Waals surface area contributed by atoms with Crippen LogP contribution in [0.25, 0.3) is 0 Å². The van der Waals surface area contributed by atoms with Crippen LogP contribution in [0.3, 0.4) is 0 Å². The third-order valence-corrected chi connectivity index (χ3v) is 5.81. The predicted molar refractivity (Wildman–Crippen MR) is 96.3 cm³/mol. The number of hydrogen-bond acceptors (Lipinski definition) is 3. The van der Waals surface area contributed by atoms with Crippen molar-refractivity contribution in [3.8, 4) is 0 Å². The maximum Gasteiger partial charge on any atom is 0.0708 e. The summed E-state index contributed by atoms with van der Waals surface area (Å²) in [4.78, 5) is 0. The minimum atomic E-state index is -0.117. The number of rotatable bonds is 13. The van der Waals surface area contributed by atoms with Crippen LogP contribution in [0.4, 0.5) is 0 Å². The molecule has 0 bridgehead atoms. The second-order valence-corrected chi connectivity index (χ2v) is 6.99. The summed E-state index contributed by atoms with van der Waals surface area (Å²) in [5.41, 5.74) is 6.29. The fourth-order valence-corrected chi connectivity index (χ4v) is 2.90. The molecule has 0 aliphatic rings. The molecule has 0 aliphatic heterocycles. The molecular formula is C19H41NO2. The predicted octanol–water partition coefficient (Wildman–Crippen LogP) is 5.06. The van der Waals surface area contributed by atoms with E-state index in [1.54, 1.807) is 0 Å². The fourth-order valence-electron chi connectivity index (χ4n) is 2.90. The van der Waals surface area contributed by atoms with Gasteiger partial charge in [0.25, 0.3) is 0 Å². The third-order valence-electron chi connectivity index (χ3n) is 5.81. The summed E-state index contributed by atoms with van der Waals surface area (Å²) in [5.74, 6) is 0. The molecule has 2 N–H and O–H groups in total. The summed E-state index contributed by atoms with van der Waals surface area (Å²) in [6.45, 7) is 16.6. The normalized spacial score (nSPS) is 13.6. The molecule has 0 unspecified atom stereocenters. The van der Waals surface area contributed by atoms with Crippen molar-refractivity contribution in [2.24, 2.45) is 5.73 Å². The van der Waals surface area contributed by atoms with E-state index < -0.39 is 0 Å². The molecule has 0 saturated carbocycles. The Morgan fingerprint density at radius 1 is 0.682 bits per heavy atom. The van der Waals surface area contributed by atoms with Crippen molar-refractivity contribution in [2.45, 2.75) is 110 Å². The molecule has 0 radical (unpaired) electrons. The summed E-state index contributed by atoms with van der Waals surface area (Å²) in [6.07, 6.45) is 6.99. The average Bonchev–Trinajstić information content (AvgIpc) is 2.57. The van der Waals surface area contributed by atoms with E-state index in [1.165, 1.54) is 0 Å². The van der Waals surface area contributed by atoms with E-state index >= 15 is 0 Å². The Morgan fingerprint density at radius 2 is 1.14 bits per heavy atom. The van der Waals surface area contributed by atoms with Crippen LogP contribution in [0.15, 0.2) is 0 Å². The van der Waals surface area contributed by atoms with Crippen LogP contribution in [-0.4, -0.2) is 30.0 Å². The first-order chi connectivity index (χ1) is 10.3. The van der Waals surface area contributed by atoms with Gasteiger partial charge in [-0.05, 0) is 51.9 Å². The topological polar surface area (TPSA) is 44.5 Å². The molecule has 0 spiro atoms. The lowest BCUT2D eigenvalue weighted by Gasteiger charge is -2.40. The molecule has 22 heavy (non-hydrogen) atoms. The Morgan fingerprint density at radius 3 is 1.50 bits per heavy atom. The minimum Gasteiger partial charge on any atom is -0.373 e. The summed E-state index contributed by atoms with van der Waals surface area (Å²) in [6, 6.07) is 0. The fraction of sp³-hybridized carbons (Fsp3) is 1.00. The van der Waals surface area contributed by atoms with Gasteiger partial charge in [0.2, 0.25) is 0 Å². The van der Waals surface area contributed by atoms with Crippen molar-refractivity contribution in [2.75, 3.05) is 13.2 Å². The van der Waals surface area contributed by atoms with Gasteiger partial charge in [0, 0.05) is 5.54 Å². The van der Waals surface area contributed by atoms with Crippen LogP contribution in [0, 0.1) is 0 Å². The molecule has 3 heteroatoms. The second-order valence-electron chi connectivity index (χ2n) is 6.99. The molecule has 0 aromatic carbocycles. The molecule has 0 atom stereocenters. The van der Waals surface area contributed by atoms with E-state index in [0.29, 0.717) is 13.2 Å². The first-order valence-electron chi connectivity index (χ1n) is 9.35. The van der Waals surface area contributed by atoms with E-state index in [-0.39, 0.29) is 16.7 Å². The van der Waals surface area contributed by atoms with Gasteiger partial charge in [-0.2, -0.15) is 0 Å². The van der Waals surface area contributed by atoms with Gasteiger partial charge >= 0.3 is 0 Å². The molecule has 0 saturated heterocycles. The van der Waals surface area contributed by atoms with E-state index in [9.17, 15) is 0 Å². The zero-order chi connectivity index (χ0) is 17.3. The zero-order valence-electron chi connectivity index (χ0n) is 16.3. The second kappa shape index (κ2) is 9.89. The van der Waals surface area contributed by atoms with Gasteiger partial charge in [-0.15, -0.1) is 0 Å². The summed E-state index contributed by atoms with van der Waals surface area (Å²) >= 11 is 0. The lowest BCUT2D eigenvalue weighted by atomic mass is 9.78. The Bertz CT molecular complexity index is 279. The highest BCUT2D eigenvalue weighted by Gasteiger charge is 2.35.